The van der Waals surface area contributed by atoms with Gasteiger partial charge >= 0.3 is 0 Å². The van der Waals surface area contributed by atoms with Crippen molar-refractivity contribution in [3.8, 4) is 0 Å². The molecule has 0 aromatic rings. The Balaban J connectivity index is 2.46. The smallest absolute Gasteiger partial charge is 0.250 e. The molecule has 0 aromatic heterocycles. The van der Waals surface area contributed by atoms with Crippen molar-refractivity contribution in [1.82, 2.24) is 10.3 Å². The lowest BCUT2D eigenvalue weighted by Crippen LogP contribution is -2.51. The fraction of sp³-hybridized carbons (Fsp3) is 0.889. The second-order valence-electron chi connectivity index (χ2n) is 3.87. The van der Waals surface area contributed by atoms with Crippen molar-refractivity contribution in [2.75, 3.05) is 19.7 Å². The molecule has 14 heavy (non-hydrogen) atoms. The summed E-state index contributed by atoms with van der Waals surface area (Å²) in [4.78, 5) is 13.3. The van der Waals surface area contributed by atoms with E-state index in [0.29, 0.717) is 5.92 Å². The van der Waals surface area contributed by atoms with Crippen molar-refractivity contribution < 1.29 is 9.90 Å². The maximum atomic E-state index is 11.3. The molecule has 0 radical (unpaired) electrons. The number of rotatable bonds is 3. The van der Waals surface area contributed by atoms with Crippen LogP contribution in [0.3, 0.4) is 0 Å². The van der Waals surface area contributed by atoms with E-state index in [1.54, 1.807) is 0 Å². The first kappa shape index (κ1) is 11.4. The SMILES string of the molecule is CC(C(=O)NN)N1CCCC(CO)C1. The number of hydrogen-bond donors (Lipinski definition) is 3. The van der Waals surface area contributed by atoms with Crippen LogP contribution in [0.1, 0.15) is 19.8 Å². The lowest BCUT2D eigenvalue weighted by molar-refractivity contribution is -0.126. The highest BCUT2D eigenvalue weighted by Crippen LogP contribution is 2.17. The van der Waals surface area contributed by atoms with Gasteiger partial charge in [-0.15, -0.1) is 0 Å². The average molecular weight is 201 g/mol. The summed E-state index contributed by atoms with van der Waals surface area (Å²) in [6, 6.07) is -0.200. The van der Waals surface area contributed by atoms with Gasteiger partial charge in [-0.25, -0.2) is 5.84 Å². The predicted molar refractivity (Wildman–Crippen MR) is 53.2 cm³/mol. The Morgan fingerprint density at radius 1 is 1.79 bits per heavy atom. The van der Waals surface area contributed by atoms with E-state index in [-0.39, 0.29) is 18.6 Å². The number of hydrogen-bond acceptors (Lipinski definition) is 4. The molecule has 1 saturated heterocycles. The number of aliphatic hydroxyl groups is 1. The lowest BCUT2D eigenvalue weighted by atomic mass is 9.98. The first-order valence-corrected chi connectivity index (χ1v) is 5.04. The number of piperidine rings is 1. The summed E-state index contributed by atoms with van der Waals surface area (Å²) in [6.45, 7) is 3.73. The van der Waals surface area contributed by atoms with E-state index in [9.17, 15) is 4.79 Å². The number of nitrogens with zero attached hydrogens (tertiary/aromatic N) is 1. The van der Waals surface area contributed by atoms with E-state index in [4.69, 9.17) is 10.9 Å². The number of hydrazine groups is 1. The van der Waals surface area contributed by atoms with Gasteiger partial charge in [0.15, 0.2) is 0 Å². The Labute approximate surface area is 84.2 Å². The van der Waals surface area contributed by atoms with Gasteiger partial charge in [0.2, 0.25) is 0 Å². The molecular weight excluding hydrogens is 182 g/mol. The van der Waals surface area contributed by atoms with Crippen LogP contribution in [0.25, 0.3) is 0 Å². The van der Waals surface area contributed by atoms with Gasteiger partial charge in [0.1, 0.15) is 0 Å². The summed E-state index contributed by atoms with van der Waals surface area (Å²) < 4.78 is 0. The predicted octanol–water partition coefficient (Wildman–Crippen LogP) is -0.931. The number of amides is 1. The monoisotopic (exact) mass is 201 g/mol. The topological polar surface area (TPSA) is 78.6 Å². The van der Waals surface area contributed by atoms with Crippen molar-refractivity contribution in [2.45, 2.75) is 25.8 Å². The van der Waals surface area contributed by atoms with Crippen LogP contribution in [0.4, 0.5) is 0 Å². The third-order valence-corrected chi connectivity index (χ3v) is 2.88. The minimum atomic E-state index is -0.200. The highest BCUT2D eigenvalue weighted by atomic mass is 16.3. The number of nitrogens with two attached hydrogens (primary N) is 1. The fourth-order valence-corrected chi connectivity index (χ4v) is 1.88. The first-order valence-electron chi connectivity index (χ1n) is 5.04. The first-order chi connectivity index (χ1) is 6.69. The zero-order valence-corrected chi connectivity index (χ0v) is 8.57. The van der Waals surface area contributed by atoms with Crippen LogP contribution in [0.5, 0.6) is 0 Å². The van der Waals surface area contributed by atoms with E-state index >= 15 is 0 Å². The minimum Gasteiger partial charge on any atom is -0.396 e. The third-order valence-electron chi connectivity index (χ3n) is 2.88. The van der Waals surface area contributed by atoms with Crippen LogP contribution in [-0.2, 0) is 4.79 Å². The second kappa shape index (κ2) is 5.29. The largest absolute Gasteiger partial charge is 0.396 e. The molecular formula is C9H19N3O2. The van der Waals surface area contributed by atoms with Crippen molar-refractivity contribution in [3.05, 3.63) is 0 Å². The summed E-state index contributed by atoms with van der Waals surface area (Å²) in [7, 11) is 0. The summed E-state index contributed by atoms with van der Waals surface area (Å²) in [5.74, 6) is 5.21. The van der Waals surface area contributed by atoms with Crippen LogP contribution >= 0.6 is 0 Å². The molecule has 5 heteroatoms. The molecule has 1 rings (SSSR count). The molecule has 1 heterocycles. The van der Waals surface area contributed by atoms with Crippen LogP contribution in [0, 0.1) is 5.92 Å². The zero-order valence-electron chi connectivity index (χ0n) is 8.57. The standard InChI is InChI=1S/C9H19N3O2/c1-7(9(14)11-10)12-4-2-3-8(5-12)6-13/h7-8,13H,2-6,10H2,1H3,(H,11,14). The van der Waals surface area contributed by atoms with Gasteiger partial charge in [0.25, 0.3) is 5.91 Å². The van der Waals surface area contributed by atoms with Gasteiger partial charge < -0.3 is 5.11 Å². The molecule has 1 aliphatic rings. The molecule has 0 aromatic carbocycles. The van der Waals surface area contributed by atoms with Crippen molar-refractivity contribution in [2.24, 2.45) is 11.8 Å². The van der Waals surface area contributed by atoms with E-state index < -0.39 is 0 Å². The molecule has 2 atom stereocenters. The average Bonchev–Trinajstić information content (AvgIpc) is 2.27. The Morgan fingerprint density at radius 2 is 2.50 bits per heavy atom. The number of carbonyl (C=O) groups is 1. The molecule has 2 unspecified atom stereocenters. The van der Waals surface area contributed by atoms with Gasteiger partial charge in [0.05, 0.1) is 6.04 Å². The second-order valence-corrected chi connectivity index (χ2v) is 3.87. The number of likely N-dealkylation sites (tertiary alicyclic amines) is 1. The molecule has 82 valence electrons. The molecule has 1 aliphatic heterocycles. The highest BCUT2D eigenvalue weighted by Gasteiger charge is 2.26. The van der Waals surface area contributed by atoms with Crippen LogP contribution in [-0.4, -0.2) is 41.7 Å². The van der Waals surface area contributed by atoms with E-state index in [0.717, 1.165) is 25.9 Å². The summed E-state index contributed by atoms with van der Waals surface area (Å²) in [5, 5.41) is 9.03. The summed E-state index contributed by atoms with van der Waals surface area (Å²) >= 11 is 0. The van der Waals surface area contributed by atoms with Gasteiger partial charge in [-0.1, -0.05) is 0 Å². The van der Waals surface area contributed by atoms with Gasteiger partial charge in [-0.2, -0.15) is 0 Å². The highest BCUT2D eigenvalue weighted by molar-refractivity contribution is 5.80. The Kier molecular flexibility index (Phi) is 4.31. The number of aliphatic hydroxyl groups excluding tert-OH is 1. The van der Waals surface area contributed by atoms with Gasteiger partial charge in [-0.3, -0.25) is 15.1 Å². The summed E-state index contributed by atoms with van der Waals surface area (Å²) in [5.41, 5.74) is 2.15. The van der Waals surface area contributed by atoms with Crippen molar-refractivity contribution >= 4 is 5.91 Å². The van der Waals surface area contributed by atoms with Crippen LogP contribution in [0.15, 0.2) is 0 Å². The molecule has 1 fully saturated rings. The van der Waals surface area contributed by atoms with Crippen LogP contribution in [0.2, 0.25) is 0 Å². The third kappa shape index (κ3) is 2.67. The molecule has 0 aliphatic carbocycles. The molecule has 1 amide bonds. The lowest BCUT2D eigenvalue weighted by Gasteiger charge is -2.35. The van der Waals surface area contributed by atoms with Crippen LogP contribution < -0.4 is 11.3 Å². The Bertz CT molecular complexity index is 198. The molecule has 5 nitrogen and oxygen atoms in total. The van der Waals surface area contributed by atoms with Gasteiger partial charge in [-0.05, 0) is 32.2 Å². The number of carbonyl (C=O) groups excluding carboxylic acids is 1. The normalized spacial score (nSPS) is 25.8. The molecule has 0 saturated carbocycles. The zero-order chi connectivity index (χ0) is 10.6. The Morgan fingerprint density at radius 3 is 3.07 bits per heavy atom. The van der Waals surface area contributed by atoms with Gasteiger partial charge in [0, 0.05) is 13.2 Å². The fourth-order valence-electron chi connectivity index (χ4n) is 1.88. The maximum Gasteiger partial charge on any atom is 0.250 e. The van der Waals surface area contributed by atoms with Crippen molar-refractivity contribution in [1.29, 1.82) is 0 Å². The molecule has 0 bridgehead atoms. The van der Waals surface area contributed by atoms with E-state index in [1.165, 1.54) is 0 Å². The number of nitrogens with one attached hydrogen (secondary N) is 1. The van der Waals surface area contributed by atoms with Crippen molar-refractivity contribution in [3.63, 3.8) is 0 Å². The quantitative estimate of drug-likeness (QED) is 0.313. The molecule has 0 spiro atoms. The van der Waals surface area contributed by atoms with E-state index in [1.807, 2.05) is 6.92 Å². The molecule has 4 N–H and O–H groups in total. The maximum absolute atomic E-state index is 11.3. The Hall–Kier alpha value is -0.650. The minimum absolute atomic E-state index is 0.163. The van der Waals surface area contributed by atoms with E-state index in [2.05, 4.69) is 10.3 Å². The summed E-state index contributed by atoms with van der Waals surface area (Å²) in [6.07, 6.45) is 2.08.